The molecule has 10 atom stereocenters. The zero-order valence-electron chi connectivity index (χ0n) is 27.7. The van der Waals surface area contributed by atoms with Gasteiger partial charge in [0.15, 0.2) is 30.7 Å². The van der Waals surface area contributed by atoms with Gasteiger partial charge in [-0.2, -0.15) is 0 Å². The Morgan fingerprint density at radius 2 is 0.840 bits per heavy atom. The SMILES string of the molecule is CC(=O)OCC1O[C@H](O[C@@H]2C(COC(C)=O)O[C@@H](OC(=N)C(Cl)(Cl)Cl)C(OC(C)=O)C2OC(C)=O)C(OC(C)=O)C(OC(C)=O)C1OC(C)=O. The van der Waals surface area contributed by atoms with E-state index in [4.69, 9.17) is 92.3 Å². The van der Waals surface area contributed by atoms with Gasteiger partial charge in [0.05, 0.1) is 0 Å². The quantitative estimate of drug-likeness (QED) is 0.0953. The van der Waals surface area contributed by atoms with Crippen LogP contribution >= 0.6 is 34.8 Å². The average molecular weight is 781 g/mol. The van der Waals surface area contributed by atoms with Crippen LogP contribution in [-0.2, 0) is 85.7 Å². The fourth-order valence-electron chi connectivity index (χ4n) is 4.75. The predicted molar refractivity (Wildman–Crippen MR) is 162 cm³/mol. The topological polar surface area (TPSA) is 245 Å². The normalized spacial score (nSPS) is 29.3. The van der Waals surface area contributed by atoms with Crippen LogP contribution in [0.3, 0.4) is 0 Å². The molecule has 0 amide bonds. The summed E-state index contributed by atoms with van der Waals surface area (Å²) in [5.74, 6) is -7.37. The van der Waals surface area contributed by atoms with Crippen molar-refractivity contribution in [3.8, 4) is 0 Å². The van der Waals surface area contributed by atoms with Crippen molar-refractivity contribution in [3.63, 3.8) is 0 Å². The van der Waals surface area contributed by atoms with Gasteiger partial charge in [-0.15, -0.1) is 0 Å². The van der Waals surface area contributed by atoms with Gasteiger partial charge in [0.2, 0.25) is 18.3 Å². The van der Waals surface area contributed by atoms with Crippen molar-refractivity contribution in [1.29, 1.82) is 5.41 Å². The molecular formula is C28H36Cl3NO18. The van der Waals surface area contributed by atoms with Crippen LogP contribution in [-0.4, -0.2) is 126 Å². The number of halogens is 3. The molecule has 0 aromatic rings. The number of rotatable bonds is 12. The summed E-state index contributed by atoms with van der Waals surface area (Å²) in [4.78, 5) is 84.9. The third-order valence-corrected chi connectivity index (χ3v) is 6.89. The summed E-state index contributed by atoms with van der Waals surface area (Å²) < 4.78 is 58.1. The molecule has 2 fully saturated rings. The van der Waals surface area contributed by atoms with Gasteiger partial charge in [-0.1, -0.05) is 34.8 Å². The molecule has 2 saturated heterocycles. The van der Waals surface area contributed by atoms with Gasteiger partial charge >= 0.3 is 41.8 Å². The molecule has 0 bridgehead atoms. The summed E-state index contributed by atoms with van der Waals surface area (Å²) in [6.07, 6.45) is -17.0. The first kappa shape index (κ1) is 42.7. The smallest absolute Gasteiger partial charge is 0.303 e. The number of hydrogen-bond acceptors (Lipinski definition) is 19. The highest BCUT2D eigenvalue weighted by Crippen LogP contribution is 2.37. The number of esters is 7. The van der Waals surface area contributed by atoms with Gasteiger partial charge in [0.25, 0.3) is 3.79 Å². The number of nitrogens with one attached hydrogen (secondary N) is 1. The van der Waals surface area contributed by atoms with Crippen LogP contribution in [0.25, 0.3) is 0 Å². The van der Waals surface area contributed by atoms with E-state index in [1.54, 1.807) is 0 Å². The minimum absolute atomic E-state index is 0.617. The second kappa shape index (κ2) is 18.7. The third kappa shape index (κ3) is 13.0. The summed E-state index contributed by atoms with van der Waals surface area (Å²) in [5, 5.41) is 8.03. The molecule has 0 aromatic carbocycles. The molecule has 282 valence electrons. The zero-order chi connectivity index (χ0) is 38.1. The molecule has 0 aromatic heterocycles. The highest BCUT2D eigenvalue weighted by molar-refractivity contribution is 6.76. The summed E-state index contributed by atoms with van der Waals surface area (Å²) in [6, 6.07) is 0. The predicted octanol–water partition coefficient (Wildman–Crippen LogP) is 0.970. The Morgan fingerprint density at radius 3 is 1.24 bits per heavy atom. The number of ether oxygens (including phenoxy) is 11. The van der Waals surface area contributed by atoms with Gasteiger partial charge < -0.3 is 52.1 Å². The Kier molecular flexibility index (Phi) is 15.9. The van der Waals surface area contributed by atoms with Crippen molar-refractivity contribution < 1.29 is 85.7 Å². The molecule has 7 unspecified atom stereocenters. The maximum Gasteiger partial charge on any atom is 0.303 e. The lowest BCUT2D eigenvalue weighted by Gasteiger charge is -2.48. The largest absolute Gasteiger partial charge is 0.463 e. The van der Waals surface area contributed by atoms with Gasteiger partial charge in [0.1, 0.15) is 31.5 Å². The van der Waals surface area contributed by atoms with Crippen LogP contribution in [0.4, 0.5) is 0 Å². The van der Waals surface area contributed by atoms with Crippen LogP contribution < -0.4 is 0 Å². The van der Waals surface area contributed by atoms with E-state index in [2.05, 4.69) is 0 Å². The zero-order valence-corrected chi connectivity index (χ0v) is 29.9. The molecule has 22 heteroatoms. The van der Waals surface area contributed by atoms with E-state index in [0.29, 0.717) is 0 Å². The molecule has 0 aliphatic carbocycles. The molecule has 2 aliphatic rings. The Bertz CT molecular complexity index is 1310. The Hall–Kier alpha value is -3.49. The number of carbonyl (C=O) groups excluding carboxylic acids is 7. The van der Waals surface area contributed by atoms with Gasteiger partial charge in [0, 0.05) is 48.5 Å². The fraction of sp³-hybridized carbons (Fsp3) is 0.714. The standard InChI is InChI=1S/C28H36Cl3NO18/c1-10(33)40-8-17-19(42-12(3)35)21(43-13(4)36)23(45-15(6)38)25(47-17)49-20-18(9-41-11(2)34)48-26(50-27(32)28(29,30)31)24(46-16(7)39)22(20)44-14(5)37/h17-26,32H,8-9H2,1-7H3/t17?,18?,19?,20-,21?,22?,23?,24?,25-,26+/m1/s1. The first-order chi connectivity index (χ1) is 23.1. The minimum Gasteiger partial charge on any atom is -0.463 e. The van der Waals surface area contributed by atoms with Crippen LogP contribution in [0, 0.1) is 5.41 Å². The second-order valence-corrected chi connectivity index (χ2v) is 12.9. The first-order valence-corrected chi connectivity index (χ1v) is 15.7. The molecule has 0 saturated carbocycles. The van der Waals surface area contributed by atoms with Crippen molar-refractivity contribution in [2.75, 3.05) is 13.2 Å². The molecule has 2 aliphatic heterocycles. The van der Waals surface area contributed by atoms with Crippen LogP contribution in [0.15, 0.2) is 0 Å². The molecule has 19 nitrogen and oxygen atoms in total. The Balaban J connectivity index is 2.77. The lowest BCUT2D eigenvalue weighted by atomic mass is 9.96. The van der Waals surface area contributed by atoms with Crippen LogP contribution in [0.1, 0.15) is 48.5 Å². The van der Waals surface area contributed by atoms with Crippen molar-refractivity contribution in [1.82, 2.24) is 0 Å². The summed E-state index contributed by atoms with van der Waals surface area (Å²) in [6.45, 7) is 5.79. The fourth-order valence-corrected chi connectivity index (χ4v) is 4.88. The van der Waals surface area contributed by atoms with E-state index in [1.165, 1.54) is 0 Å². The molecule has 0 radical (unpaired) electrons. The van der Waals surface area contributed by atoms with E-state index in [1.807, 2.05) is 0 Å². The van der Waals surface area contributed by atoms with Crippen LogP contribution in [0.5, 0.6) is 0 Å². The minimum atomic E-state index is -2.45. The second-order valence-electron chi connectivity index (χ2n) is 10.6. The maximum atomic E-state index is 12.4. The summed E-state index contributed by atoms with van der Waals surface area (Å²) >= 11 is 17.3. The lowest BCUT2D eigenvalue weighted by molar-refractivity contribution is -0.355. The lowest BCUT2D eigenvalue weighted by Crippen LogP contribution is -2.67. The number of hydrogen-bond donors (Lipinski definition) is 1. The van der Waals surface area contributed by atoms with E-state index < -0.39 is 126 Å². The van der Waals surface area contributed by atoms with E-state index in [-0.39, 0.29) is 0 Å². The molecule has 1 N–H and O–H groups in total. The molecule has 0 spiro atoms. The highest BCUT2D eigenvalue weighted by atomic mass is 35.6. The monoisotopic (exact) mass is 779 g/mol. The maximum absolute atomic E-state index is 12.4. The van der Waals surface area contributed by atoms with E-state index in [0.717, 1.165) is 48.5 Å². The third-order valence-electron chi connectivity index (χ3n) is 6.38. The summed E-state index contributed by atoms with van der Waals surface area (Å²) in [5.41, 5.74) is 0. The Morgan fingerprint density at radius 1 is 0.500 bits per heavy atom. The van der Waals surface area contributed by atoms with Gasteiger partial charge in [-0.25, -0.2) is 0 Å². The first-order valence-electron chi connectivity index (χ1n) is 14.5. The summed E-state index contributed by atoms with van der Waals surface area (Å²) in [7, 11) is 0. The Labute approximate surface area is 300 Å². The molecule has 50 heavy (non-hydrogen) atoms. The van der Waals surface area contributed by atoms with Gasteiger partial charge in [-0.05, 0) is 0 Å². The van der Waals surface area contributed by atoms with E-state index in [9.17, 15) is 33.6 Å². The highest BCUT2D eigenvalue weighted by Gasteiger charge is 2.58. The molecule has 2 heterocycles. The molecular weight excluding hydrogens is 745 g/mol. The van der Waals surface area contributed by atoms with E-state index >= 15 is 0 Å². The van der Waals surface area contributed by atoms with Crippen molar-refractivity contribution in [3.05, 3.63) is 0 Å². The number of alkyl halides is 3. The molecule has 2 rings (SSSR count). The van der Waals surface area contributed by atoms with Crippen molar-refractivity contribution in [2.45, 2.75) is 114 Å². The van der Waals surface area contributed by atoms with Crippen molar-refractivity contribution in [2.24, 2.45) is 0 Å². The van der Waals surface area contributed by atoms with Crippen LogP contribution in [0.2, 0.25) is 0 Å². The average Bonchev–Trinajstić information content (AvgIpc) is 2.95. The number of carbonyl (C=O) groups is 7. The van der Waals surface area contributed by atoms with Crippen molar-refractivity contribution >= 4 is 82.5 Å². The van der Waals surface area contributed by atoms with Gasteiger partial charge in [-0.3, -0.25) is 39.0 Å².